The van der Waals surface area contributed by atoms with E-state index in [-0.39, 0.29) is 35.6 Å². The lowest BCUT2D eigenvalue weighted by Crippen LogP contribution is -2.44. The molecule has 2 amide bonds. The molecule has 1 N–H and O–H groups in total. The highest BCUT2D eigenvalue weighted by molar-refractivity contribution is 8.15. The first-order chi connectivity index (χ1) is 16.7. The van der Waals surface area contributed by atoms with Gasteiger partial charge in [-0.15, -0.1) is 0 Å². The van der Waals surface area contributed by atoms with Gasteiger partial charge in [0, 0.05) is 17.1 Å². The molecule has 0 aromatic heterocycles. The van der Waals surface area contributed by atoms with Gasteiger partial charge in [-0.2, -0.15) is 13.2 Å². The third-order valence-electron chi connectivity index (χ3n) is 5.15. The third-order valence-corrected chi connectivity index (χ3v) is 6.59. The summed E-state index contributed by atoms with van der Waals surface area (Å²) in [5, 5.41) is 2.76. The summed E-state index contributed by atoms with van der Waals surface area (Å²) in [6, 6.07) is 20.1. The Kier molecular flexibility index (Phi) is 7.47. The molecule has 0 bridgehead atoms. The van der Waals surface area contributed by atoms with Gasteiger partial charge >= 0.3 is 6.18 Å². The quantitative estimate of drug-likeness (QED) is 0.419. The fourth-order valence-electron chi connectivity index (χ4n) is 3.35. The standard InChI is InChI=1S/C25H19ClF3N3O2S/c26-18-8-12-19(13-9-18)30-23(34)21-14-22(33)32(15-16-4-2-1-3-5-16)24(35-21)31-20-10-6-17(7-11-20)25(27,28)29/h1-13,21H,14-15H2,(H,30,34)/t21-/m1/s1. The number of amides is 2. The molecule has 1 saturated heterocycles. The SMILES string of the molecule is O=C(Nc1ccc(Cl)cc1)[C@H]1CC(=O)N(Cc2ccccc2)C(=Nc2ccc(C(F)(F)F)cc2)S1. The van der Waals surface area contributed by atoms with E-state index in [1.165, 1.54) is 17.0 Å². The molecule has 1 aliphatic heterocycles. The van der Waals surface area contributed by atoms with Crippen molar-refractivity contribution in [3.8, 4) is 0 Å². The summed E-state index contributed by atoms with van der Waals surface area (Å²) in [4.78, 5) is 31.9. The van der Waals surface area contributed by atoms with Crippen molar-refractivity contribution in [3.63, 3.8) is 0 Å². The van der Waals surface area contributed by atoms with Crippen LogP contribution in [0.1, 0.15) is 17.5 Å². The number of benzene rings is 3. The van der Waals surface area contributed by atoms with Crippen molar-refractivity contribution >= 4 is 51.7 Å². The molecule has 1 atom stereocenters. The van der Waals surface area contributed by atoms with Gasteiger partial charge in [-0.3, -0.25) is 14.5 Å². The van der Waals surface area contributed by atoms with Gasteiger partial charge in [-0.1, -0.05) is 53.7 Å². The number of aliphatic imine (C=N–C) groups is 1. The number of nitrogens with zero attached hydrogens (tertiary/aromatic N) is 2. The van der Waals surface area contributed by atoms with Crippen molar-refractivity contribution in [2.75, 3.05) is 5.32 Å². The van der Waals surface area contributed by atoms with E-state index < -0.39 is 17.0 Å². The van der Waals surface area contributed by atoms with E-state index >= 15 is 0 Å². The Morgan fingerprint density at radius 2 is 1.69 bits per heavy atom. The van der Waals surface area contributed by atoms with Crippen LogP contribution in [0.15, 0.2) is 83.9 Å². The summed E-state index contributed by atoms with van der Waals surface area (Å²) >= 11 is 6.98. The molecular formula is C25H19ClF3N3O2S. The van der Waals surface area contributed by atoms with Crippen LogP contribution in [0.3, 0.4) is 0 Å². The van der Waals surface area contributed by atoms with E-state index in [9.17, 15) is 22.8 Å². The van der Waals surface area contributed by atoms with E-state index in [1.54, 1.807) is 24.3 Å². The van der Waals surface area contributed by atoms with E-state index in [0.29, 0.717) is 10.7 Å². The monoisotopic (exact) mass is 517 g/mol. The average molecular weight is 518 g/mol. The number of hydrogen-bond donors (Lipinski definition) is 1. The van der Waals surface area contributed by atoms with E-state index in [0.717, 1.165) is 29.5 Å². The molecule has 1 aliphatic rings. The maximum Gasteiger partial charge on any atom is 0.416 e. The first-order valence-electron chi connectivity index (χ1n) is 10.5. The van der Waals surface area contributed by atoms with Crippen LogP contribution in [0, 0.1) is 0 Å². The number of hydrogen-bond acceptors (Lipinski definition) is 4. The first kappa shape index (κ1) is 24.8. The number of anilines is 1. The molecule has 0 saturated carbocycles. The zero-order valence-electron chi connectivity index (χ0n) is 18.1. The second-order valence-electron chi connectivity index (χ2n) is 7.71. The smallest absolute Gasteiger partial charge is 0.325 e. The van der Waals surface area contributed by atoms with Crippen LogP contribution in [-0.4, -0.2) is 27.1 Å². The van der Waals surface area contributed by atoms with Crippen LogP contribution in [-0.2, 0) is 22.3 Å². The number of nitrogens with one attached hydrogen (secondary N) is 1. The van der Waals surface area contributed by atoms with Gasteiger partial charge in [-0.05, 0) is 54.1 Å². The zero-order valence-corrected chi connectivity index (χ0v) is 19.7. The number of carbonyl (C=O) groups excluding carboxylic acids is 2. The highest BCUT2D eigenvalue weighted by atomic mass is 35.5. The Hall–Kier alpha value is -3.30. The second kappa shape index (κ2) is 10.5. The normalized spacial score (nSPS) is 17.5. The lowest BCUT2D eigenvalue weighted by atomic mass is 10.2. The minimum atomic E-state index is -4.47. The molecule has 3 aromatic rings. The number of carbonyl (C=O) groups is 2. The number of thioether (sulfide) groups is 1. The Bertz CT molecular complexity index is 1230. The first-order valence-corrected chi connectivity index (χ1v) is 11.8. The third kappa shape index (κ3) is 6.43. The minimum absolute atomic E-state index is 0.0526. The molecule has 0 unspecified atom stereocenters. The molecule has 35 heavy (non-hydrogen) atoms. The molecule has 10 heteroatoms. The van der Waals surface area contributed by atoms with Crippen LogP contribution >= 0.6 is 23.4 Å². The predicted octanol–water partition coefficient (Wildman–Crippen LogP) is 6.52. The summed E-state index contributed by atoms with van der Waals surface area (Å²) in [6.45, 7) is 0.220. The van der Waals surface area contributed by atoms with Crippen LogP contribution in [0.2, 0.25) is 5.02 Å². The number of halogens is 4. The predicted molar refractivity (Wildman–Crippen MR) is 132 cm³/mol. The molecule has 4 rings (SSSR count). The molecular weight excluding hydrogens is 499 g/mol. The summed E-state index contributed by atoms with van der Waals surface area (Å²) in [5.41, 5.74) is 0.825. The molecule has 5 nitrogen and oxygen atoms in total. The van der Waals surface area contributed by atoms with Gasteiger partial charge in [0.05, 0.1) is 17.8 Å². The molecule has 180 valence electrons. The highest BCUT2D eigenvalue weighted by Gasteiger charge is 2.36. The van der Waals surface area contributed by atoms with E-state index in [1.807, 2.05) is 30.3 Å². The molecule has 0 aliphatic carbocycles. The van der Waals surface area contributed by atoms with Crippen LogP contribution < -0.4 is 5.32 Å². The van der Waals surface area contributed by atoms with Gasteiger partial charge in [0.2, 0.25) is 11.8 Å². The maximum atomic E-state index is 13.1. The lowest BCUT2D eigenvalue weighted by molar-refractivity contribution is -0.137. The van der Waals surface area contributed by atoms with Crippen LogP contribution in [0.5, 0.6) is 0 Å². The Morgan fingerprint density at radius 3 is 2.31 bits per heavy atom. The van der Waals surface area contributed by atoms with Crippen LogP contribution in [0.4, 0.5) is 24.5 Å². The zero-order chi connectivity index (χ0) is 25.0. The number of rotatable bonds is 5. The Labute approximate surface area is 209 Å². The van der Waals surface area contributed by atoms with E-state index in [2.05, 4.69) is 10.3 Å². The van der Waals surface area contributed by atoms with Crippen molar-refractivity contribution in [2.45, 2.75) is 24.4 Å². The van der Waals surface area contributed by atoms with Crippen LogP contribution in [0.25, 0.3) is 0 Å². The van der Waals surface area contributed by atoms with Gasteiger partial charge in [0.15, 0.2) is 5.17 Å². The Morgan fingerprint density at radius 1 is 1.03 bits per heavy atom. The molecule has 0 spiro atoms. The number of alkyl halides is 3. The van der Waals surface area contributed by atoms with Crippen molar-refractivity contribution in [1.29, 1.82) is 0 Å². The largest absolute Gasteiger partial charge is 0.416 e. The Balaban J connectivity index is 1.60. The average Bonchev–Trinajstić information content (AvgIpc) is 2.83. The summed E-state index contributed by atoms with van der Waals surface area (Å²) in [6.07, 6.45) is -4.52. The fraction of sp³-hybridized carbons (Fsp3) is 0.160. The summed E-state index contributed by atoms with van der Waals surface area (Å²) in [5.74, 6) is -0.695. The van der Waals surface area contributed by atoms with Gasteiger partial charge in [-0.25, -0.2) is 4.99 Å². The maximum absolute atomic E-state index is 13.1. The minimum Gasteiger partial charge on any atom is -0.325 e. The molecule has 1 fully saturated rings. The summed E-state index contributed by atoms with van der Waals surface area (Å²) < 4.78 is 38.8. The molecule has 3 aromatic carbocycles. The van der Waals surface area contributed by atoms with Gasteiger partial charge in [0.1, 0.15) is 5.25 Å². The van der Waals surface area contributed by atoms with Gasteiger partial charge in [0.25, 0.3) is 0 Å². The molecule has 1 heterocycles. The van der Waals surface area contributed by atoms with Crippen molar-refractivity contribution in [3.05, 3.63) is 95.0 Å². The van der Waals surface area contributed by atoms with Crippen molar-refractivity contribution < 1.29 is 22.8 Å². The van der Waals surface area contributed by atoms with E-state index in [4.69, 9.17) is 11.6 Å². The number of amidine groups is 1. The lowest BCUT2D eigenvalue weighted by Gasteiger charge is -2.32. The molecule has 0 radical (unpaired) electrons. The fourth-order valence-corrected chi connectivity index (χ4v) is 4.58. The second-order valence-corrected chi connectivity index (χ2v) is 9.32. The van der Waals surface area contributed by atoms with Gasteiger partial charge < -0.3 is 5.32 Å². The highest BCUT2D eigenvalue weighted by Crippen LogP contribution is 2.33. The van der Waals surface area contributed by atoms with Crippen molar-refractivity contribution in [1.82, 2.24) is 4.90 Å². The van der Waals surface area contributed by atoms with Crippen molar-refractivity contribution in [2.24, 2.45) is 4.99 Å². The summed E-state index contributed by atoms with van der Waals surface area (Å²) in [7, 11) is 0. The topological polar surface area (TPSA) is 61.8 Å².